The summed E-state index contributed by atoms with van der Waals surface area (Å²) in [5.41, 5.74) is 2.02. The summed E-state index contributed by atoms with van der Waals surface area (Å²) in [4.78, 5) is 34.6. The van der Waals surface area contributed by atoms with Gasteiger partial charge in [0.25, 0.3) is 5.91 Å². The van der Waals surface area contributed by atoms with Gasteiger partial charge in [0, 0.05) is 4.88 Å². The van der Waals surface area contributed by atoms with Gasteiger partial charge in [-0.15, -0.1) is 11.3 Å². The molecule has 0 unspecified atom stereocenters. The summed E-state index contributed by atoms with van der Waals surface area (Å²) in [6.07, 6.45) is 1.95. The van der Waals surface area contributed by atoms with Crippen LogP contribution in [0.5, 0.6) is 11.5 Å². The molecule has 0 N–H and O–H groups in total. The van der Waals surface area contributed by atoms with Crippen LogP contribution < -0.4 is 19.8 Å². The Kier molecular flexibility index (Phi) is 6.06. The number of nitrogens with zero attached hydrogens (tertiary/aromatic N) is 2. The Hall–Kier alpha value is -3.65. The minimum atomic E-state index is -0.707. The summed E-state index contributed by atoms with van der Waals surface area (Å²) in [7, 11) is 1.58. The summed E-state index contributed by atoms with van der Waals surface area (Å²) in [6.45, 7) is 6.55. The Balaban J connectivity index is 1.71. The van der Waals surface area contributed by atoms with E-state index in [4.69, 9.17) is 13.9 Å². The van der Waals surface area contributed by atoms with E-state index in [2.05, 4.69) is 11.9 Å². The molecule has 180 valence electrons. The molecule has 8 heteroatoms. The Morgan fingerprint density at radius 2 is 1.91 bits per heavy atom. The van der Waals surface area contributed by atoms with Crippen LogP contribution in [-0.4, -0.2) is 24.6 Å². The third-order valence-electron chi connectivity index (χ3n) is 6.26. The molecule has 1 aliphatic rings. The van der Waals surface area contributed by atoms with E-state index < -0.39 is 6.04 Å². The van der Waals surface area contributed by atoms with Gasteiger partial charge >= 0.3 is 0 Å². The van der Waals surface area contributed by atoms with Crippen LogP contribution in [0.4, 0.5) is 5.13 Å². The lowest BCUT2D eigenvalue weighted by Gasteiger charge is -2.23. The quantitative estimate of drug-likeness (QED) is 0.304. The first-order valence-corrected chi connectivity index (χ1v) is 12.4. The van der Waals surface area contributed by atoms with Gasteiger partial charge < -0.3 is 13.9 Å². The fraction of sp³-hybridized carbons (Fsp3) is 0.296. The van der Waals surface area contributed by atoms with Crippen LogP contribution in [0.15, 0.2) is 51.7 Å². The first kappa shape index (κ1) is 23.1. The first-order valence-electron chi connectivity index (χ1n) is 11.6. The highest BCUT2D eigenvalue weighted by Gasteiger charge is 2.45. The maximum atomic E-state index is 13.7. The molecule has 0 aliphatic carbocycles. The molecule has 3 heterocycles. The van der Waals surface area contributed by atoms with E-state index in [0.717, 1.165) is 23.4 Å². The van der Waals surface area contributed by atoms with Crippen molar-refractivity contribution in [1.29, 1.82) is 0 Å². The normalized spacial score (nSPS) is 15.0. The van der Waals surface area contributed by atoms with Crippen LogP contribution in [0, 0.1) is 13.8 Å². The number of methoxy groups -OCH3 is 1. The fourth-order valence-corrected chi connectivity index (χ4v) is 5.23. The van der Waals surface area contributed by atoms with E-state index in [1.54, 1.807) is 36.3 Å². The molecular formula is C27H26N2O5S. The number of aryl methyl sites for hydroxylation is 2. The number of thiazole rings is 1. The molecular weight excluding hydrogens is 464 g/mol. The minimum absolute atomic E-state index is 0.0476. The van der Waals surface area contributed by atoms with Gasteiger partial charge in [-0.2, -0.15) is 0 Å². The van der Waals surface area contributed by atoms with Gasteiger partial charge in [-0.1, -0.05) is 31.5 Å². The van der Waals surface area contributed by atoms with Crippen molar-refractivity contribution >= 4 is 33.3 Å². The molecule has 0 saturated carbocycles. The van der Waals surface area contributed by atoms with E-state index >= 15 is 0 Å². The van der Waals surface area contributed by atoms with Crippen LogP contribution in [-0.2, 0) is 0 Å². The average molecular weight is 491 g/mol. The molecule has 1 atom stereocenters. The van der Waals surface area contributed by atoms with Crippen molar-refractivity contribution in [3.8, 4) is 11.5 Å². The topological polar surface area (TPSA) is 81.9 Å². The van der Waals surface area contributed by atoms with Crippen LogP contribution in [0.2, 0.25) is 0 Å². The van der Waals surface area contributed by atoms with E-state index in [1.807, 2.05) is 32.0 Å². The highest BCUT2D eigenvalue weighted by atomic mass is 32.1. The van der Waals surface area contributed by atoms with Gasteiger partial charge in [-0.3, -0.25) is 14.5 Å². The molecule has 4 aromatic rings. The molecule has 0 fully saturated rings. The van der Waals surface area contributed by atoms with Gasteiger partial charge in [0.15, 0.2) is 22.1 Å². The van der Waals surface area contributed by atoms with Crippen molar-refractivity contribution in [3.63, 3.8) is 0 Å². The predicted molar refractivity (Wildman–Crippen MR) is 136 cm³/mol. The number of carbonyl (C=O) groups is 1. The monoisotopic (exact) mass is 490 g/mol. The van der Waals surface area contributed by atoms with Crippen molar-refractivity contribution < 1.29 is 18.7 Å². The summed E-state index contributed by atoms with van der Waals surface area (Å²) >= 11 is 1.42. The summed E-state index contributed by atoms with van der Waals surface area (Å²) in [5.74, 6) is 0.818. The van der Waals surface area contributed by atoms with E-state index in [0.29, 0.717) is 45.3 Å². The largest absolute Gasteiger partial charge is 0.493 e. The summed E-state index contributed by atoms with van der Waals surface area (Å²) < 4.78 is 17.5. The molecule has 2 aromatic heterocycles. The van der Waals surface area contributed by atoms with E-state index in [1.165, 1.54) is 11.3 Å². The van der Waals surface area contributed by atoms with Crippen molar-refractivity contribution in [3.05, 3.63) is 80.1 Å². The fourth-order valence-electron chi connectivity index (χ4n) is 4.29. The van der Waals surface area contributed by atoms with E-state index in [9.17, 15) is 9.59 Å². The molecule has 5 rings (SSSR count). The predicted octanol–water partition coefficient (Wildman–Crippen LogP) is 5.80. The Morgan fingerprint density at radius 1 is 1.11 bits per heavy atom. The SMILES string of the molecule is CCCCOc1ccc([C@H]2c3c(oc4ccccc4c3=O)C(=O)N2c2nc(C)c(C)s2)cc1OC. The lowest BCUT2D eigenvalue weighted by atomic mass is 9.98. The smallest absolute Gasteiger partial charge is 0.297 e. The van der Waals surface area contributed by atoms with Crippen LogP contribution in [0.3, 0.4) is 0 Å². The number of unbranched alkanes of at least 4 members (excludes halogenated alkanes) is 1. The first-order chi connectivity index (χ1) is 16.9. The zero-order valence-electron chi connectivity index (χ0n) is 20.1. The third-order valence-corrected chi connectivity index (χ3v) is 7.33. The second-order valence-corrected chi connectivity index (χ2v) is 9.68. The number of fused-ring (bicyclic) bond motifs is 2. The van der Waals surface area contributed by atoms with E-state index in [-0.39, 0.29) is 17.1 Å². The number of para-hydroxylation sites is 1. The molecule has 1 aliphatic heterocycles. The van der Waals surface area contributed by atoms with Crippen molar-refractivity contribution in [2.24, 2.45) is 0 Å². The Bertz CT molecular complexity index is 1470. The summed E-state index contributed by atoms with van der Waals surface area (Å²) in [5, 5.41) is 0.955. The number of aromatic nitrogens is 1. The number of benzene rings is 2. The number of ether oxygens (including phenoxy) is 2. The van der Waals surface area contributed by atoms with Crippen LogP contribution in [0.25, 0.3) is 11.0 Å². The van der Waals surface area contributed by atoms with Crippen molar-refractivity contribution in [1.82, 2.24) is 4.98 Å². The number of hydrogen-bond acceptors (Lipinski definition) is 7. The van der Waals surface area contributed by atoms with Gasteiger partial charge in [0.1, 0.15) is 5.58 Å². The number of hydrogen-bond donors (Lipinski definition) is 0. The molecule has 0 bridgehead atoms. The number of amides is 1. The Morgan fingerprint density at radius 3 is 2.63 bits per heavy atom. The second-order valence-electron chi connectivity index (χ2n) is 8.50. The number of carbonyl (C=O) groups excluding carboxylic acids is 1. The van der Waals surface area contributed by atoms with Crippen molar-refractivity contribution in [2.45, 2.75) is 39.7 Å². The molecule has 7 nitrogen and oxygen atoms in total. The lowest BCUT2D eigenvalue weighted by Crippen LogP contribution is -2.29. The second kappa shape index (κ2) is 9.19. The molecule has 35 heavy (non-hydrogen) atoms. The van der Waals surface area contributed by atoms with Gasteiger partial charge in [-0.05, 0) is 50.1 Å². The zero-order chi connectivity index (χ0) is 24.7. The number of anilines is 1. The standard InChI is InChI=1S/C27H26N2O5S/c1-5-6-13-33-20-12-11-17(14-21(20)32-4)23-22-24(30)18-9-7-8-10-19(18)34-25(22)26(31)29(23)27-28-15(2)16(3)35-27/h7-12,14,23H,5-6,13H2,1-4H3/t23-/m0/s1. The van der Waals surface area contributed by atoms with Gasteiger partial charge in [-0.25, -0.2) is 4.98 Å². The molecule has 1 amide bonds. The minimum Gasteiger partial charge on any atom is -0.493 e. The summed E-state index contributed by atoms with van der Waals surface area (Å²) in [6, 6.07) is 11.8. The molecule has 0 spiro atoms. The molecule has 0 radical (unpaired) electrons. The maximum absolute atomic E-state index is 13.7. The highest BCUT2D eigenvalue weighted by Crippen LogP contribution is 2.44. The van der Waals surface area contributed by atoms with Crippen molar-refractivity contribution in [2.75, 3.05) is 18.6 Å². The van der Waals surface area contributed by atoms with Crippen LogP contribution in [0.1, 0.15) is 58.1 Å². The molecule has 2 aromatic carbocycles. The number of rotatable bonds is 7. The lowest BCUT2D eigenvalue weighted by molar-refractivity contribution is 0.0971. The Labute approximate surface area is 206 Å². The highest BCUT2D eigenvalue weighted by molar-refractivity contribution is 7.15. The van der Waals surface area contributed by atoms with Crippen LogP contribution >= 0.6 is 11.3 Å². The van der Waals surface area contributed by atoms with Gasteiger partial charge in [0.2, 0.25) is 5.76 Å². The molecule has 0 saturated heterocycles. The maximum Gasteiger partial charge on any atom is 0.297 e. The third kappa shape index (κ3) is 3.87. The average Bonchev–Trinajstić information content (AvgIpc) is 3.35. The zero-order valence-corrected chi connectivity index (χ0v) is 20.9. The van der Waals surface area contributed by atoms with Gasteiger partial charge in [0.05, 0.1) is 36.4 Å².